The van der Waals surface area contributed by atoms with Gasteiger partial charge in [-0.05, 0) is 250 Å². The second kappa shape index (κ2) is 70.9. The van der Waals surface area contributed by atoms with Crippen LogP contribution in [0.3, 0.4) is 0 Å². The van der Waals surface area contributed by atoms with Crippen molar-refractivity contribution < 1.29 is 91.9 Å². The summed E-state index contributed by atoms with van der Waals surface area (Å²) < 4.78 is 36.2. The van der Waals surface area contributed by atoms with Crippen LogP contribution in [-0.4, -0.2) is 111 Å². The quantitative estimate of drug-likeness (QED) is 0.0234. The van der Waals surface area contributed by atoms with Crippen LogP contribution in [0.5, 0.6) is 17.2 Å². The van der Waals surface area contributed by atoms with Crippen LogP contribution in [-0.2, 0) is 71.5 Å². The number of hydrogen-bond acceptors (Lipinski definition) is 18. The smallest absolute Gasteiger partial charge is 0.311 e. The number of ether oxygens (including phenoxy) is 7. The summed E-state index contributed by atoms with van der Waals surface area (Å²) in [5.41, 5.74) is 2.20. The Labute approximate surface area is 750 Å². The number of unbranched alkanes of at least 4 members (excludes halogenated alkanes) is 10. The molecular formula is C104H184O19. The number of phenolic OH excluding ortho intramolecular Hbond substituents is 3. The van der Waals surface area contributed by atoms with Crippen molar-refractivity contribution in [1.82, 2.24) is 0 Å². The summed E-state index contributed by atoms with van der Waals surface area (Å²) in [5, 5.41) is 36.1. The molecule has 10 atom stereocenters. The predicted molar refractivity (Wildman–Crippen MR) is 506 cm³/mol. The average Bonchev–Trinajstić information content (AvgIpc) is 0.852. The van der Waals surface area contributed by atoms with Crippen LogP contribution in [0.1, 0.15) is 429 Å². The Morgan fingerprint density at radius 3 is 0.919 bits per heavy atom. The molecule has 1 saturated carbocycles. The Hall–Kier alpha value is -7.18. The number of carboxylic acid groups (broad SMARTS) is 1. The highest BCUT2D eigenvalue weighted by atomic mass is 16.6. The number of aromatic hydroxyl groups is 3. The summed E-state index contributed by atoms with van der Waals surface area (Å²) in [6, 6.07) is 22.3. The minimum absolute atomic E-state index is 0.0133. The molecule has 3 aromatic rings. The molecule has 714 valence electrons. The van der Waals surface area contributed by atoms with Crippen molar-refractivity contribution in [2.75, 3.05) is 26.4 Å². The van der Waals surface area contributed by atoms with Crippen molar-refractivity contribution in [2.45, 2.75) is 429 Å². The van der Waals surface area contributed by atoms with E-state index in [1.54, 1.807) is 43.3 Å². The summed E-state index contributed by atoms with van der Waals surface area (Å²) in [7, 11) is 0. The molecule has 0 aliphatic heterocycles. The van der Waals surface area contributed by atoms with Crippen LogP contribution in [0.4, 0.5) is 0 Å². The Kier molecular flexibility index (Phi) is 71.7. The third kappa shape index (κ3) is 66.9. The fourth-order valence-corrected chi connectivity index (χ4v) is 10.8. The number of carbonyl (C=O) groups excluding carboxylic acids is 7. The van der Waals surface area contributed by atoms with E-state index in [0.717, 1.165) is 77.0 Å². The standard InChI is InChI=1S/C18H36O2.C15H24O6.C14H28O2.3C10H14O.3C9H18O2/c1-5-7-8-9-10-11-12-13-14-15-16-20-17(19)18(3,4)6-2;1-3-10(2)14(18)20-8-9-21-15(19)12-7-5-4-6-11(12)13(16)17;1-6-9-10-12(7-2)11-16-13(15)14(4,5)8-3;3*1-3-8(2)9-4-6-10(11)7-5-9;3*1-6-7(2)8(10)11-9(3,4)5/h5-16H2,1-4H3;10-12H,3-9H2,1-2H3,(H,16,17);12H,6-11H2,1-5H3;3*4-8,11H,3H2,1-2H3;3*7H,6H2,1-5H3. The molecule has 0 radical (unpaired) electrons. The molecule has 3 aromatic carbocycles. The minimum Gasteiger partial charge on any atom is -0.508 e. The number of benzene rings is 3. The molecule has 0 aromatic heterocycles. The average molecular weight is 1740 g/mol. The van der Waals surface area contributed by atoms with Crippen LogP contribution in [0, 0.1) is 52.3 Å². The molecule has 123 heavy (non-hydrogen) atoms. The molecule has 0 amide bonds. The molecule has 0 heterocycles. The van der Waals surface area contributed by atoms with E-state index < -0.39 is 23.8 Å². The Morgan fingerprint density at radius 2 is 0.634 bits per heavy atom. The van der Waals surface area contributed by atoms with Gasteiger partial charge in [0, 0.05) is 0 Å². The summed E-state index contributed by atoms with van der Waals surface area (Å²) >= 11 is 0. The van der Waals surface area contributed by atoms with E-state index in [4.69, 9.17) is 53.6 Å². The van der Waals surface area contributed by atoms with Gasteiger partial charge < -0.3 is 53.6 Å². The Morgan fingerprint density at radius 1 is 0.341 bits per heavy atom. The van der Waals surface area contributed by atoms with Crippen molar-refractivity contribution in [3.63, 3.8) is 0 Å². The van der Waals surface area contributed by atoms with Gasteiger partial charge in [-0.3, -0.25) is 38.4 Å². The molecule has 4 rings (SSSR count). The topological polar surface area (TPSA) is 282 Å². The molecule has 19 nitrogen and oxygen atoms in total. The van der Waals surface area contributed by atoms with Crippen LogP contribution in [0.2, 0.25) is 0 Å². The van der Waals surface area contributed by atoms with Crippen LogP contribution in [0.15, 0.2) is 72.8 Å². The molecule has 0 spiro atoms. The van der Waals surface area contributed by atoms with E-state index in [0.29, 0.717) is 73.4 Å². The van der Waals surface area contributed by atoms with E-state index in [1.165, 1.54) is 93.7 Å². The molecule has 0 bridgehead atoms. The van der Waals surface area contributed by atoms with Crippen molar-refractivity contribution in [2.24, 2.45) is 52.3 Å². The molecule has 10 unspecified atom stereocenters. The van der Waals surface area contributed by atoms with Crippen LogP contribution in [0.25, 0.3) is 0 Å². The molecule has 1 fully saturated rings. The van der Waals surface area contributed by atoms with Crippen LogP contribution < -0.4 is 0 Å². The maximum atomic E-state index is 11.9. The first-order chi connectivity index (χ1) is 57.3. The van der Waals surface area contributed by atoms with Crippen molar-refractivity contribution in [1.29, 1.82) is 0 Å². The Bertz CT molecular complexity index is 2970. The number of carbonyl (C=O) groups is 8. The largest absolute Gasteiger partial charge is 0.508 e. The Balaban J connectivity index is -0.000000430. The first kappa shape index (κ1) is 124. The van der Waals surface area contributed by atoms with Gasteiger partial charge in [-0.15, -0.1) is 0 Å². The highest BCUT2D eigenvalue weighted by Gasteiger charge is 2.37. The summed E-state index contributed by atoms with van der Waals surface area (Å²) in [5.74, 6) is -0.134. The lowest BCUT2D eigenvalue weighted by molar-refractivity contribution is -0.163. The van der Waals surface area contributed by atoms with E-state index in [2.05, 4.69) is 62.3 Å². The maximum Gasteiger partial charge on any atom is 0.311 e. The van der Waals surface area contributed by atoms with E-state index in [1.807, 2.05) is 189 Å². The van der Waals surface area contributed by atoms with Gasteiger partial charge in [0.25, 0.3) is 0 Å². The van der Waals surface area contributed by atoms with E-state index in [-0.39, 0.29) is 100 Å². The van der Waals surface area contributed by atoms with Gasteiger partial charge in [0.05, 0.1) is 59.6 Å². The van der Waals surface area contributed by atoms with Crippen molar-refractivity contribution in [3.8, 4) is 17.2 Å². The number of esters is 7. The first-order valence-corrected chi connectivity index (χ1v) is 47.3. The molecular weight excluding hydrogens is 1550 g/mol. The number of rotatable bonds is 40. The van der Waals surface area contributed by atoms with Gasteiger partial charge in [-0.25, -0.2) is 0 Å². The maximum absolute atomic E-state index is 11.9. The fraction of sp³-hybridized carbons (Fsp3) is 0.750. The normalized spacial score (nSPS) is 14.9. The van der Waals surface area contributed by atoms with E-state index >= 15 is 0 Å². The molecule has 1 aliphatic carbocycles. The second-order valence-electron chi connectivity index (χ2n) is 37.5. The highest BCUT2D eigenvalue weighted by Crippen LogP contribution is 2.32. The molecule has 1 aliphatic rings. The van der Waals surface area contributed by atoms with Gasteiger partial charge in [0.1, 0.15) is 47.3 Å². The molecule has 19 heteroatoms. The third-order valence-corrected chi connectivity index (χ3v) is 22.1. The van der Waals surface area contributed by atoms with Crippen LogP contribution >= 0.6 is 0 Å². The predicted octanol–water partition coefficient (Wildman–Crippen LogP) is 27.9. The summed E-state index contributed by atoms with van der Waals surface area (Å²) in [4.78, 5) is 91.5. The number of aliphatic carboxylic acids is 1. The lowest BCUT2D eigenvalue weighted by atomic mass is 9.79. The third-order valence-electron chi connectivity index (χ3n) is 22.1. The fourth-order valence-electron chi connectivity index (χ4n) is 10.8. The number of hydrogen-bond donors (Lipinski definition) is 4. The zero-order valence-corrected chi connectivity index (χ0v) is 84.0. The van der Waals surface area contributed by atoms with Gasteiger partial charge in [0.15, 0.2) is 0 Å². The molecule has 4 N–H and O–H groups in total. The van der Waals surface area contributed by atoms with Gasteiger partial charge in [-0.2, -0.15) is 0 Å². The van der Waals surface area contributed by atoms with E-state index in [9.17, 15) is 38.4 Å². The van der Waals surface area contributed by atoms with Gasteiger partial charge in [-0.1, -0.05) is 258 Å². The molecule has 0 saturated heterocycles. The first-order valence-electron chi connectivity index (χ1n) is 47.3. The highest BCUT2D eigenvalue weighted by molar-refractivity contribution is 5.81. The zero-order chi connectivity index (χ0) is 95.7. The van der Waals surface area contributed by atoms with Gasteiger partial charge >= 0.3 is 47.8 Å². The SMILES string of the molecule is CCC(C)C(=O)OC(C)(C)C.CCC(C)C(=O)OC(C)(C)C.CCC(C)C(=O)OC(C)(C)C.CCC(C)C(=O)OCCOC(=O)C1CCCCC1C(=O)O.CCC(C)c1ccc(O)cc1.CCC(C)c1ccc(O)cc1.CCC(C)c1ccc(O)cc1.CCCCC(CC)COC(=O)C(C)(C)CC.CCCCCCCCCCCCOC(=O)C(C)(C)CC. The monoisotopic (exact) mass is 1740 g/mol. The summed E-state index contributed by atoms with van der Waals surface area (Å²) in [6.45, 7) is 64.9. The second-order valence-corrected chi connectivity index (χ2v) is 37.5. The van der Waals surface area contributed by atoms with Crippen molar-refractivity contribution in [3.05, 3.63) is 89.5 Å². The lowest BCUT2D eigenvalue weighted by Gasteiger charge is -2.26. The summed E-state index contributed by atoms with van der Waals surface area (Å²) in [6.07, 6.45) is 28.8. The lowest BCUT2D eigenvalue weighted by Crippen LogP contribution is -2.34. The zero-order valence-electron chi connectivity index (χ0n) is 84.0. The van der Waals surface area contributed by atoms with Crippen molar-refractivity contribution >= 4 is 47.8 Å². The van der Waals surface area contributed by atoms with Gasteiger partial charge in [0.2, 0.25) is 0 Å². The minimum atomic E-state index is -0.945. The number of carboxylic acids is 1. The number of phenols is 3.